The third-order valence-corrected chi connectivity index (χ3v) is 2.42. The summed E-state index contributed by atoms with van der Waals surface area (Å²) in [4.78, 5) is 9.34. The summed E-state index contributed by atoms with van der Waals surface area (Å²) in [7, 11) is 0. The summed E-state index contributed by atoms with van der Waals surface area (Å²) in [6, 6.07) is 0. The summed E-state index contributed by atoms with van der Waals surface area (Å²) in [6.07, 6.45) is 4.02. The Kier molecular flexibility index (Phi) is 2.31. The Balaban J connectivity index is 2.01. The van der Waals surface area contributed by atoms with Crippen molar-refractivity contribution in [3.05, 3.63) is 0 Å². The van der Waals surface area contributed by atoms with Crippen molar-refractivity contribution >= 4 is 12.4 Å². The van der Waals surface area contributed by atoms with Crippen molar-refractivity contribution in [1.82, 2.24) is 0 Å². The van der Waals surface area contributed by atoms with Gasteiger partial charge in [0.1, 0.15) is 6.10 Å². The van der Waals surface area contributed by atoms with Crippen LogP contribution in [0.25, 0.3) is 0 Å². The first-order valence-corrected chi connectivity index (χ1v) is 4.62. The average Bonchev–Trinajstić information content (AvgIpc) is 2.51. The molecule has 0 aromatic carbocycles. The van der Waals surface area contributed by atoms with Crippen LogP contribution < -0.4 is 0 Å². The molecule has 4 atom stereocenters. The maximum atomic E-state index is 5.72. The Hall–Kier alpha value is -0.900. The van der Waals surface area contributed by atoms with Gasteiger partial charge >= 0.3 is 0 Å². The van der Waals surface area contributed by atoms with E-state index in [0.29, 0.717) is 6.54 Å². The maximum absolute atomic E-state index is 5.72. The summed E-state index contributed by atoms with van der Waals surface area (Å²) in [5.41, 5.74) is 0. The second-order valence-corrected chi connectivity index (χ2v) is 3.54. The Morgan fingerprint density at radius 2 is 2.15 bits per heavy atom. The molecule has 0 N–H and O–H groups in total. The van der Waals surface area contributed by atoms with Gasteiger partial charge in [0.15, 0.2) is 0 Å². The van der Waals surface area contributed by atoms with E-state index in [9.17, 15) is 0 Å². The molecule has 0 saturated heterocycles. The van der Waals surface area contributed by atoms with Crippen LogP contribution in [0.4, 0.5) is 0 Å². The lowest BCUT2D eigenvalue weighted by molar-refractivity contribution is -0.0257. The molecule has 0 bridgehead atoms. The predicted octanol–water partition coefficient (Wildman–Crippen LogP) is 0.865. The normalized spacial score (nSPS) is 43.5. The summed E-state index contributed by atoms with van der Waals surface area (Å²) in [6.45, 7) is 4.71. The van der Waals surface area contributed by atoms with Gasteiger partial charge in [-0.25, -0.2) is 0 Å². The SMILES string of the molecule is CC1C=NCC(C2C=NOC2C)O1. The van der Waals surface area contributed by atoms with Gasteiger partial charge in [-0.3, -0.25) is 4.99 Å². The van der Waals surface area contributed by atoms with E-state index in [2.05, 4.69) is 10.1 Å². The fraction of sp³-hybridized carbons (Fsp3) is 0.778. The van der Waals surface area contributed by atoms with Crippen LogP contribution in [0.5, 0.6) is 0 Å². The zero-order chi connectivity index (χ0) is 9.26. The molecule has 4 unspecified atom stereocenters. The van der Waals surface area contributed by atoms with Crippen LogP contribution in [0.15, 0.2) is 10.1 Å². The minimum Gasteiger partial charge on any atom is -0.392 e. The molecule has 0 aromatic heterocycles. The number of aliphatic imine (C=N–C) groups is 1. The van der Waals surface area contributed by atoms with E-state index < -0.39 is 0 Å². The summed E-state index contributed by atoms with van der Waals surface area (Å²) in [5.74, 6) is 0.250. The highest BCUT2D eigenvalue weighted by molar-refractivity contribution is 5.66. The number of hydrogen-bond acceptors (Lipinski definition) is 4. The highest BCUT2D eigenvalue weighted by atomic mass is 16.6. The minimum atomic E-state index is 0.111. The van der Waals surface area contributed by atoms with Crippen molar-refractivity contribution in [3.8, 4) is 0 Å². The Morgan fingerprint density at radius 1 is 1.31 bits per heavy atom. The highest BCUT2D eigenvalue weighted by Gasteiger charge is 2.33. The standard InChI is InChI=1S/C9H14N2O2/c1-6-3-10-5-9(12-6)8-4-11-13-7(8)2/h3-4,6-9H,5H2,1-2H3. The molecule has 0 spiro atoms. The average molecular weight is 182 g/mol. The molecule has 2 rings (SSSR count). The van der Waals surface area contributed by atoms with E-state index in [0.717, 1.165) is 0 Å². The molecule has 4 nitrogen and oxygen atoms in total. The molecule has 4 heteroatoms. The fourth-order valence-corrected chi connectivity index (χ4v) is 1.67. The molecular weight excluding hydrogens is 168 g/mol. The van der Waals surface area contributed by atoms with Gasteiger partial charge in [-0.15, -0.1) is 0 Å². The van der Waals surface area contributed by atoms with Crippen LogP contribution in [0, 0.1) is 5.92 Å². The molecule has 2 aliphatic rings. The van der Waals surface area contributed by atoms with Crippen LogP contribution in [0.3, 0.4) is 0 Å². The van der Waals surface area contributed by atoms with Gasteiger partial charge in [0.25, 0.3) is 0 Å². The first-order valence-electron chi connectivity index (χ1n) is 4.62. The Labute approximate surface area is 77.6 Å². The van der Waals surface area contributed by atoms with E-state index in [-0.39, 0.29) is 24.2 Å². The largest absolute Gasteiger partial charge is 0.392 e. The van der Waals surface area contributed by atoms with Crippen molar-refractivity contribution in [2.75, 3.05) is 6.54 Å². The summed E-state index contributed by atoms with van der Waals surface area (Å²) in [5, 5.41) is 3.79. The van der Waals surface area contributed by atoms with E-state index in [1.165, 1.54) is 0 Å². The summed E-state index contributed by atoms with van der Waals surface area (Å²) < 4.78 is 5.72. The van der Waals surface area contributed by atoms with Gasteiger partial charge in [0, 0.05) is 6.21 Å². The topological polar surface area (TPSA) is 43.2 Å². The van der Waals surface area contributed by atoms with Crippen molar-refractivity contribution in [3.63, 3.8) is 0 Å². The lowest BCUT2D eigenvalue weighted by Crippen LogP contribution is -2.38. The number of rotatable bonds is 1. The first-order chi connectivity index (χ1) is 6.27. The van der Waals surface area contributed by atoms with Crippen LogP contribution in [0.2, 0.25) is 0 Å². The van der Waals surface area contributed by atoms with Crippen LogP contribution >= 0.6 is 0 Å². The second kappa shape index (κ2) is 3.46. The lowest BCUT2D eigenvalue weighted by Gasteiger charge is -2.27. The number of oxime groups is 1. The zero-order valence-electron chi connectivity index (χ0n) is 7.88. The molecular formula is C9H14N2O2. The second-order valence-electron chi connectivity index (χ2n) is 3.54. The quantitative estimate of drug-likeness (QED) is 0.603. The molecule has 13 heavy (non-hydrogen) atoms. The van der Waals surface area contributed by atoms with E-state index in [4.69, 9.17) is 9.57 Å². The molecule has 0 radical (unpaired) electrons. The van der Waals surface area contributed by atoms with Crippen molar-refractivity contribution in [2.45, 2.75) is 32.2 Å². The minimum absolute atomic E-state index is 0.111. The van der Waals surface area contributed by atoms with Gasteiger partial charge in [0.05, 0.1) is 30.9 Å². The van der Waals surface area contributed by atoms with Crippen molar-refractivity contribution in [1.29, 1.82) is 0 Å². The Bertz CT molecular complexity index is 240. The maximum Gasteiger partial charge on any atom is 0.135 e. The first kappa shape index (κ1) is 8.69. The van der Waals surface area contributed by atoms with E-state index in [1.54, 1.807) is 0 Å². The molecule has 2 aliphatic heterocycles. The molecule has 0 saturated carbocycles. The smallest absolute Gasteiger partial charge is 0.135 e. The highest BCUT2D eigenvalue weighted by Crippen LogP contribution is 2.21. The third-order valence-electron chi connectivity index (χ3n) is 2.42. The fourth-order valence-electron chi connectivity index (χ4n) is 1.67. The summed E-state index contributed by atoms with van der Waals surface area (Å²) >= 11 is 0. The molecule has 2 heterocycles. The van der Waals surface area contributed by atoms with Crippen molar-refractivity contribution in [2.24, 2.45) is 16.1 Å². The van der Waals surface area contributed by atoms with Gasteiger partial charge in [-0.05, 0) is 13.8 Å². The van der Waals surface area contributed by atoms with Crippen LogP contribution in [-0.4, -0.2) is 37.3 Å². The molecule has 0 amide bonds. The van der Waals surface area contributed by atoms with Crippen LogP contribution in [-0.2, 0) is 9.57 Å². The van der Waals surface area contributed by atoms with E-state index >= 15 is 0 Å². The third kappa shape index (κ3) is 1.72. The van der Waals surface area contributed by atoms with Crippen molar-refractivity contribution < 1.29 is 9.57 Å². The van der Waals surface area contributed by atoms with Gasteiger partial charge < -0.3 is 9.57 Å². The van der Waals surface area contributed by atoms with Gasteiger partial charge in [-0.1, -0.05) is 5.16 Å². The lowest BCUT2D eigenvalue weighted by atomic mass is 9.98. The Morgan fingerprint density at radius 3 is 2.77 bits per heavy atom. The molecule has 0 aromatic rings. The molecule has 0 fully saturated rings. The number of ether oxygens (including phenoxy) is 1. The van der Waals surface area contributed by atoms with Crippen LogP contribution in [0.1, 0.15) is 13.8 Å². The van der Waals surface area contributed by atoms with E-state index in [1.807, 2.05) is 26.3 Å². The molecule has 0 aliphatic carbocycles. The van der Waals surface area contributed by atoms with Gasteiger partial charge in [0.2, 0.25) is 0 Å². The monoisotopic (exact) mass is 182 g/mol. The molecule has 72 valence electrons. The predicted molar refractivity (Wildman–Crippen MR) is 50.2 cm³/mol. The van der Waals surface area contributed by atoms with Gasteiger partial charge in [-0.2, -0.15) is 0 Å². The number of hydrogen-bond donors (Lipinski definition) is 0. The zero-order valence-corrected chi connectivity index (χ0v) is 7.88. The number of nitrogens with zero attached hydrogens (tertiary/aromatic N) is 2.